The molecule has 0 radical (unpaired) electrons. The highest BCUT2D eigenvalue weighted by Gasteiger charge is 2.09. The molecule has 4 nitrogen and oxygen atoms in total. The zero-order chi connectivity index (χ0) is 18.1. The van der Waals surface area contributed by atoms with Gasteiger partial charge >= 0.3 is 0 Å². The Morgan fingerprint density at radius 1 is 1.04 bits per heavy atom. The lowest BCUT2D eigenvalue weighted by molar-refractivity contribution is 0.180. The topological polar surface area (TPSA) is 56.7 Å². The maximum Gasteiger partial charge on any atom is 0.191 e. The van der Waals surface area contributed by atoms with E-state index in [2.05, 4.69) is 34.7 Å². The molecular formula is C20H27FIN3O. The third-order valence-electron chi connectivity index (χ3n) is 3.97. The third kappa shape index (κ3) is 6.92. The molecule has 0 fully saturated rings. The van der Waals surface area contributed by atoms with Crippen LogP contribution in [0.3, 0.4) is 0 Å². The molecule has 3 N–H and O–H groups in total. The number of aliphatic imine (C=N–C) groups is 1. The highest BCUT2D eigenvalue weighted by atomic mass is 127. The summed E-state index contributed by atoms with van der Waals surface area (Å²) in [5.74, 6) is 0.336. The summed E-state index contributed by atoms with van der Waals surface area (Å²) in [4.78, 5) is 4.60. The first-order valence-electron chi connectivity index (χ1n) is 8.66. The van der Waals surface area contributed by atoms with Crippen molar-refractivity contribution in [2.75, 3.05) is 13.1 Å². The minimum atomic E-state index is -0.729. The average Bonchev–Trinajstić information content (AvgIpc) is 2.64. The van der Waals surface area contributed by atoms with E-state index in [0.717, 1.165) is 13.0 Å². The molecule has 2 rings (SSSR count). The quantitative estimate of drug-likeness (QED) is 0.327. The standard InChI is InChI=1S/C20H26FN3O.HI/c1-3-15-7-5-6-8-17(15)13-23-20(22-4-2)24-14-19(25)16-9-11-18(21)12-10-16;/h5-12,19,25H,3-4,13-14H2,1-2H3,(H2,22,23,24);1H. The Hall–Kier alpha value is -1.67. The Balaban J connectivity index is 0.00000338. The van der Waals surface area contributed by atoms with Crippen LogP contribution in [-0.4, -0.2) is 24.2 Å². The first-order valence-corrected chi connectivity index (χ1v) is 8.66. The molecule has 0 amide bonds. The lowest BCUT2D eigenvalue weighted by Gasteiger charge is -2.16. The number of halogens is 2. The number of nitrogens with one attached hydrogen (secondary N) is 2. The molecule has 0 aromatic heterocycles. The van der Waals surface area contributed by atoms with Crippen molar-refractivity contribution in [1.82, 2.24) is 10.6 Å². The minimum Gasteiger partial charge on any atom is -0.387 e. The van der Waals surface area contributed by atoms with Crippen LogP contribution in [0.25, 0.3) is 0 Å². The van der Waals surface area contributed by atoms with Gasteiger partial charge in [-0.15, -0.1) is 24.0 Å². The van der Waals surface area contributed by atoms with Crippen LogP contribution in [-0.2, 0) is 13.0 Å². The van der Waals surface area contributed by atoms with Crippen LogP contribution in [0.1, 0.15) is 36.6 Å². The van der Waals surface area contributed by atoms with Crippen LogP contribution in [0.4, 0.5) is 4.39 Å². The van der Waals surface area contributed by atoms with Gasteiger partial charge in [-0.1, -0.05) is 43.3 Å². The fraction of sp³-hybridized carbons (Fsp3) is 0.350. The molecule has 0 saturated heterocycles. The number of rotatable bonds is 7. The SMILES string of the molecule is CCNC(=NCc1ccccc1CC)NCC(O)c1ccc(F)cc1.I. The van der Waals surface area contributed by atoms with Gasteiger partial charge in [0.15, 0.2) is 5.96 Å². The Morgan fingerprint density at radius 2 is 1.69 bits per heavy atom. The Morgan fingerprint density at radius 3 is 2.31 bits per heavy atom. The Labute approximate surface area is 172 Å². The normalized spacial score (nSPS) is 12.2. The molecule has 142 valence electrons. The number of hydrogen-bond donors (Lipinski definition) is 3. The van der Waals surface area contributed by atoms with Gasteiger partial charge in [-0.3, -0.25) is 0 Å². The highest BCUT2D eigenvalue weighted by molar-refractivity contribution is 14.0. The summed E-state index contributed by atoms with van der Waals surface area (Å²) in [5, 5.41) is 16.5. The van der Waals surface area contributed by atoms with Gasteiger partial charge in [0.1, 0.15) is 5.82 Å². The van der Waals surface area contributed by atoms with E-state index in [1.807, 2.05) is 19.1 Å². The molecule has 0 spiro atoms. The summed E-state index contributed by atoms with van der Waals surface area (Å²) >= 11 is 0. The summed E-state index contributed by atoms with van der Waals surface area (Å²) in [7, 11) is 0. The number of hydrogen-bond acceptors (Lipinski definition) is 2. The number of nitrogens with zero attached hydrogens (tertiary/aromatic N) is 1. The molecule has 1 unspecified atom stereocenters. The van der Waals surface area contributed by atoms with E-state index in [-0.39, 0.29) is 29.8 Å². The van der Waals surface area contributed by atoms with E-state index in [1.165, 1.54) is 23.3 Å². The molecule has 0 bridgehead atoms. The zero-order valence-corrected chi connectivity index (χ0v) is 17.5. The Kier molecular flexibility index (Phi) is 10.2. The van der Waals surface area contributed by atoms with E-state index in [0.29, 0.717) is 24.6 Å². The van der Waals surface area contributed by atoms with Crippen LogP contribution in [0.15, 0.2) is 53.5 Å². The summed E-state index contributed by atoms with van der Waals surface area (Å²) < 4.78 is 13.0. The molecule has 0 aliphatic carbocycles. The van der Waals surface area contributed by atoms with E-state index < -0.39 is 6.10 Å². The molecule has 1 atom stereocenters. The third-order valence-corrected chi connectivity index (χ3v) is 3.97. The van der Waals surface area contributed by atoms with Crippen molar-refractivity contribution < 1.29 is 9.50 Å². The number of aliphatic hydroxyl groups excluding tert-OH is 1. The smallest absolute Gasteiger partial charge is 0.191 e. The molecule has 26 heavy (non-hydrogen) atoms. The van der Waals surface area contributed by atoms with E-state index in [9.17, 15) is 9.50 Å². The molecule has 0 saturated carbocycles. The van der Waals surface area contributed by atoms with Crippen LogP contribution >= 0.6 is 24.0 Å². The lowest BCUT2D eigenvalue weighted by atomic mass is 10.1. The maximum absolute atomic E-state index is 13.0. The molecular weight excluding hydrogens is 444 g/mol. The van der Waals surface area contributed by atoms with Crippen molar-refractivity contribution in [3.63, 3.8) is 0 Å². The summed E-state index contributed by atoms with van der Waals surface area (Å²) in [6.45, 7) is 5.73. The number of aryl methyl sites for hydroxylation is 1. The van der Waals surface area contributed by atoms with Gasteiger partial charge in [0.25, 0.3) is 0 Å². The Bertz CT molecular complexity index is 692. The number of aliphatic hydroxyl groups is 1. The molecule has 2 aromatic carbocycles. The van der Waals surface area contributed by atoms with Crippen LogP contribution in [0.5, 0.6) is 0 Å². The number of benzene rings is 2. The van der Waals surface area contributed by atoms with Crippen LogP contribution < -0.4 is 10.6 Å². The van der Waals surface area contributed by atoms with E-state index in [4.69, 9.17) is 0 Å². The highest BCUT2D eigenvalue weighted by Crippen LogP contribution is 2.13. The van der Waals surface area contributed by atoms with Gasteiger partial charge in [0, 0.05) is 13.1 Å². The molecule has 6 heteroatoms. The van der Waals surface area contributed by atoms with Crippen molar-refractivity contribution in [2.24, 2.45) is 4.99 Å². The van der Waals surface area contributed by atoms with Crippen molar-refractivity contribution in [3.05, 3.63) is 71.0 Å². The largest absolute Gasteiger partial charge is 0.387 e. The first-order chi connectivity index (χ1) is 12.1. The monoisotopic (exact) mass is 471 g/mol. The molecule has 0 aliphatic rings. The molecule has 0 aliphatic heterocycles. The lowest BCUT2D eigenvalue weighted by Crippen LogP contribution is -2.39. The van der Waals surface area contributed by atoms with Gasteiger partial charge in [-0.25, -0.2) is 9.38 Å². The second kappa shape index (κ2) is 11.9. The van der Waals surface area contributed by atoms with Crippen molar-refractivity contribution in [1.29, 1.82) is 0 Å². The summed E-state index contributed by atoms with van der Waals surface area (Å²) in [6.07, 6.45) is 0.242. The van der Waals surface area contributed by atoms with Crippen molar-refractivity contribution >= 4 is 29.9 Å². The van der Waals surface area contributed by atoms with Gasteiger partial charge in [-0.2, -0.15) is 0 Å². The summed E-state index contributed by atoms with van der Waals surface area (Å²) in [5.41, 5.74) is 3.15. The molecule has 2 aromatic rings. The van der Waals surface area contributed by atoms with Crippen molar-refractivity contribution in [3.8, 4) is 0 Å². The fourth-order valence-corrected chi connectivity index (χ4v) is 2.56. The first kappa shape index (κ1) is 22.4. The maximum atomic E-state index is 13.0. The second-order valence-corrected chi connectivity index (χ2v) is 5.77. The predicted molar refractivity (Wildman–Crippen MR) is 115 cm³/mol. The fourth-order valence-electron chi connectivity index (χ4n) is 2.56. The van der Waals surface area contributed by atoms with Crippen molar-refractivity contribution in [2.45, 2.75) is 32.9 Å². The zero-order valence-electron chi connectivity index (χ0n) is 15.2. The number of guanidine groups is 1. The van der Waals surface area contributed by atoms with Crippen LogP contribution in [0.2, 0.25) is 0 Å². The van der Waals surface area contributed by atoms with E-state index in [1.54, 1.807) is 12.1 Å². The average molecular weight is 471 g/mol. The van der Waals surface area contributed by atoms with Gasteiger partial charge in [0.05, 0.1) is 12.6 Å². The van der Waals surface area contributed by atoms with Gasteiger partial charge in [0.2, 0.25) is 0 Å². The predicted octanol–water partition coefficient (Wildman–Crippen LogP) is 3.79. The molecule has 0 heterocycles. The minimum absolute atomic E-state index is 0. The van der Waals surface area contributed by atoms with Crippen LogP contribution in [0, 0.1) is 5.82 Å². The summed E-state index contributed by atoms with van der Waals surface area (Å²) in [6, 6.07) is 14.1. The van der Waals surface area contributed by atoms with E-state index >= 15 is 0 Å². The van der Waals surface area contributed by atoms with Gasteiger partial charge < -0.3 is 15.7 Å². The second-order valence-electron chi connectivity index (χ2n) is 5.77. The van der Waals surface area contributed by atoms with Gasteiger partial charge in [-0.05, 0) is 42.2 Å².